The van der Waals surface area contributed by atoms with Crippen LogP contribution in [0.3, 0.4) is 0 Å². The van der Waals surface area contributed by atoms with Crippen LogP contribution in [-0.4, -0.2) is 58.7 Å². The van der Waals surface area contributed by atoms with Crippen LogP contribution in [0.4, 0.5) is 0 Å². The van der Waals surface area contributed by atoms with Crippen LogP contribution in [0.5, 0.6) is 0 Å². The lowest BCUT2D eigenvalue weighted by molar-refractivity contribution is 0.0766. The predicted molar refractivity (Wildman–Crippen MR) is 74.1 cm³/mol. The van der Waals surface area contributed by atoms with Gasteiger partial charge in [0.15, 0.2) is 0 Å². The molecule has 0 aromatic rings. The van der Waals surface area contributed by atoms with E-state index < -0.39 is 10.2 Å². The highest BCUT2D eigenvalue weighted by Crippen LogP contribution is 2.19. The zero-order valence-electron chi connectivity index (χ0n) is 11.6. The minimum atomic E-state index is -3.34. The smallest absolute Gasteiger partial charge is 0.279 e. The lowest BCUT2D eigenvalue weighted by Gasteiger charge is -2.33. The van der Waals surface area contributed by atoms with Gasteiger partial charge in [0.05, 0.1) is 6.61 Å². The van der Waals surface area contributed by atoms with Crippen LogP contribution in [0.25, 0.3) is 0 Å². The first-order chi connectivity index (χ1) is 9.12. The van der Waals surface area contributed by atoms with Crippen molar-refractivity contribution < 1.29 is 13.2 Å². The molecule has 2 aliphatic heterocycles. The normalized spacial score (nSPS) is 27.5. The van der Waals surface area contributed by atoms with Crippen LogP contribution < -0.4 is 10.0 Å². The number of rotatable bonds is 5. The molecule has 112 valence electrons. The summed E-state index contributed by atoms with van der Waals surface area (Å²) in [5.41, 5.74) is 0. The Labute approximate surface area is 116 Å². The van der Waals surface area contributed by atoms with Crippen molar-refractivity contribution in [3.05, 3.63) is 0 Å². The highest BCUT2D eigenvalue weighted by atomic mass is 32.2. The molecule has 2 rings (SSSR count). The van der Waals surface area contributed by atoms with Crippen molar-refractivity contribution in [3.8, 4) is 0 Å². The standard InChI is InChI=1S/C12H25N3O3S/c1-13-9-11-4-6-15(7-5-11)19(16,17)14-12-3-2-8-18-10-12/h11-14H,2-10H2,1H3. The average Bonchev–Trinajstić information content (AvgIpc) is 2.40. The van der Waals surface area contributed by atoms with E-state index in [0.717, 1.165) is 38.8 Å². The third-order valence-electron chi connectivity index (χ3n) is 3.88. The van der Waals surface area contributed by atoms with E-state index in [1.54, 1.807) is 4.31 Å². The van der Waals surface area contributed by atoms with Gasteiger partial charge in [-0.15, -0.1) is 0 Å². The molecule has 19 heavy (non-hydrogen) atoms. The van der Waals surface area contributed by atoms with Gasteiger partial charge in [-0.05, 0) is 45.2 Å². The monoisotopic (exact) mass is 291 g/mol. The molecule has 0 saturated carbocycles. The van der Waals surface area contributed by atoms with E-state index in [4.69, 9.17) is 4.74 Å². The molecule has 2 N–H and O–H groups in total. The second-order valence-corrected chi connectivity index (χ2v) is 7.14. The number of hydrogen-bond acceptors (Lipinski definition) is 4. The second kappa shape index (κ2) is 6.99. The summed E-state index contributed by atoms with van der Waals surface area (Å²) in [6, 6.07) is -0.0613. The van der Waals surface area contributed by atoms with Crippen molar-refractivity contribution >= 4 is 10.2 Å². The van der Waals surface area contributed by atoms with Gasteiger partial charge in [-0.25, -0.2) is 0 Å². The Kier molecular flexibility index (Phi) is 5.58. The molecular formula is C12H25N3O3S. The molecule has 1 unspecified atom stereocenters. The van der Waals surface area contributed by atoms with Crippen molar-refractivity contribution in [2.45, 2.75) is 31.7 Å². The summed E-state index contributed by atoms with van der Waals surface area (Å²) < 4.78 is 34.2. The van der Waals surface area contributed by atoms with Crippen LogP contribution in [-0.2, 0) is 14.9 Å². The van der Waals surface area contributed by atoms with Gasteiger partial charge in [-0.1, -0.05) is 0 Å². The van der Waals surface area contributed by atoms with Crippen molar-refractivity contribution in [2.75, 3.05) is 39.9 Å². The fourth-order valence-electron chi connectivity index (χ4n) is 2.76. The van der Waals surface area contributed by atoms with E-state index in [-0.39, 0.29) is 6.04 Å². The lowest BCUT2D eigenvalue weighted by atomic mass is 9.98. The van der Waals surface area contributed by atoms with Gasteiger partial charge in [0.25, 0.3) is 10.2 Å². The number of nitrogens with one attached hydrogen (secondary N) is 2. The molecule has 7 heteroatoms. The fraction of sp³-hybridized carbons (Fsp3) is 1.00. The maximum atomic E-state index is 12.3. The minimum Gasteiger partial charge on any atom is -0.380 e. The molecule has 2 fully saturated rings. The van der Waals surface area contributed by atoms with E-state index >= 15 is 0 Å². The first-order valence-corrected chi connectivity index (χ1v) is 8.55. The first kappa shape index (κ1) is 15.2. The Hall–Kier alpha value is -0.210. The summed E-state index contributed by atoms with van der Waals surface area (Å²) in [6.45, 7) is 3.45. The summed E-state index contributed by atoms with van der Waals surface area (Å²) in [5.74, 6) is 0.592. The molecule has 0 bridgehead atoms. The van der Waals surface area contributed by atoms with Gasteiger partial charge in [0.2, 0.25) is 0 Å². The Balaban J connectivity index is 1.83. The van der Waals surface area contributed by atoms with Gasteiger partial charge in [0, 0.05) is 25.7 Å². The van der Waals surface area contributed by atoms with Crippen LogP contribution in [0.2, 0.25) is 0 Å². The maximum Gasteiger partial charge on any atom is 0.279 e. The third kappa shape index (κ3) is 4.39. The molecule has 0 aliphatic carbocycles. The SMILES string of the molecule is CNCC1CCN(S(=O)(=O)NC2CCCOC2)CC1. The molecule has 0 radical (unpaired) electrons. The summed E-state index contributed by atoms with van der Waals surface area (Å²) in [7, 11) is -1.40. The average molecular weight is 291 g/mol. The Bertz CT molecular complexity index is 360. The molecule has 1 atom stereocenters. The number of hydrogen-bond donors (Lipinski definition) is 2. The van der Waals surface area contributed by atoms with Crippen LogP contribution in [0.1, 0.15) is 25.7 Å². The van der Waals surface area contributed by atoms with E-state index in [0.29, 0.717) is 25.6 Å². The predicted octanol–water partition coefficient (Wildman–Crippen LogP) is -0.0688. The van der Waals surface area contributed by atoms with Crippen molar-refractivity contribution in [3.63, 3.8) is 0 Å². The Morgan fingerprint density at radius 3 is 2.58 bits per heavy atom. The zero-order chi connectivity index (χ0) is 13.7. The molecule has 0 amide bonds. The van der Waals surface area contributed by atoms with E-state index in [9.17, 15) is 8.42 Å². The fourth-order valence-corrected chi connectivity index (χ4v) is 4.21. The quantitative estimate of drug-likeness (QED) is 0.744. The largest absolute Gasteiger partial charge is 0.380 e. The van der Waals surface area contributed by atoms with Gasteiger partial charge in [-0.2, -0.15) is 17.4 Å². The van der Waals surface area contributed by atoms with Crippen LogP contribution in [0, 0.1) is 5.92 Å². The van der Waals surface area contributed by atoms with E-state index in [1.807, 2.05) is 7.05 Å². The summed E-state index contributed by atoms with van der Waals surface area (Å²) in [6.07, 6.45) is 3.67. The number of ether oxygens (including phenoxy) is 1. The first-order valence-electron chi connectivity index (χ1n) is 7.11. The van der Waals surface area contributed by atoms with E-state index in [2.05, 4.69) is 10.0 Å². The van der Waals surface area contributed by atoms with Gasteiger partial charge >= 0.3 is 0 Å². The minimum absolute atomic E-state index is 0.0613. The maximum absolute atomic E-state index is 12.3. The summed E-state index contributed by atoms with van der Waals surface area (Å²) >= 11 is 0. The molecule has 0 spiro atoms. The Morgan fingerprint density at radius 1 is 1.26 bits per heavy atom. The van der Waals surface area contributed by atoms with Gasteiger partial charge in [0.1, 0.15) is 0 Å². The third-order valence-corrected chi connectivity index (χ3v) is 5.56. The molecule has 6 nitrogen and oxygen atoms in total. The Morgan fingerprint density at radius 2 is 2.00 bits per heavy atom. The van der Waals surface area contributed by atoms with Crippen molar-refractivity contribution in [1.29, 1.82) is 0 Å². The molecular weight excluding hydrogens is 266 g/mol. The van der Waals surface area contributed by atoms with Crippen LogP contribution >= 0.6 is 0 Å². The van der Waals surface area contributed by atoms with E-state index in [1.165, 1.54) is 0 Å². The highest BCUT2D eigenvalue weighted by Gasteiger charge is 2.30. The molecule has 2 aliphatic rings. The van der Waals surface area contributed by atoms with Gasteiger partial charge < -0.3 is 10.1 Å². The summed E-state index contributed by atoms with van der Waals surface area (Å²) in [5, 5.41) is 3.16. The summed E-state index contributed by atoms with van der Waals surface area (Å²) in [4.78, 5) is 0. The number of nitrogens with zero attached hydrogens (tertiary/aromatic N) is 1. The highest BCUT2D eigenvalue weighted by molar-refractivity contribution is 7.87. The van der Waals surface area contributed by atoms with Crippen molar-refractivity contribution in [1.82, 2.24) is 14.3 Å². The number of piperidine rings is 1. The zero-order valence-corrected chi connectivity index (χ0v) is 12.4. The molecule has 0 aromatic carbocycles. The lowest BCUT2D eigenvalue weighted by Crippen LogP contribution is -2.50. The molecule has 0 aromatic heterocycles. The van der Waals surface area contributed by atoms with Crippen LogP contribution in [0.15, 0.2) is 0 Å². The molecule has 2 saturated heterocycles. The van der Waals surface area contributed by atoms with Crippen molar-refractivity contribution in [2.24, 2.45) is 5.92 Å². The second-order valence-electron chi connectivity index (χ2n) is 5.44. The topological polar surface area (TPSA) is 70.7 Å². The molecule has 2 heterocycles. The van der Waals surface area contributed by atoms with Gasteiger partial charge in [-0.3, -0.25) is 0 Å².